The fraction of sp³-hybridized carbons (Fsp3) is 0.875. The molecule has 1 N–H and O–H groups in total. The van der Waals surface area contributed by atoms with Crippen LogP contribution in [-0.4, -0.2) is 23.2 Å². The lowest BCUT2D eigenvalue weighted by Crippen LogP contribution is -2.41. The van der Waals surface area contributed by atoms with Crippen molar-refractivity contribution in [3.05, 3.63) is 11.7 Å². The molecule has 1 aromatic rings. The Bertz CT molecular complexity index is 415. The van der Waals surface area contributed by atoms with Crippen molar-refractivity contribution in [1.29, 1.82) is 0 Å². The lowest BCUT2D eigenvalue weighted by Gasteiger charge is -2.30. The molecular weight excluding hydrogens is 250 g/mol. The van der Waals surface area contributed by atoms with Crippen LogP contribution in [0.1, 0.15) is 82.3 Å². The Labute approximate surface area is 121 Å². The predicted octanol–water partition coefficient (Wildman–Crippen LogP) is 3.54. The second-order valence-electron chi connectivity index (χ2n) is 6.84. The molecule has 2 fully saturated rings. The van der Waals surface area contributed by atoms with Crippen LogP contribution >= 0.6 is 0 Å². The summed E-state index contributed by atoms with van der Waals surface area (Å²) in [6, 6.07) is 0. The summed E-state index contributed by atoms with van der Waals surface area (Å²) in [6.07, 6.45) is 11.5. The Morgan fingerprint density at radius 2 is 1.85 bits per heavy atom. The van der Waals surface area contributed by atoms with Crippen LogP contribution in [0.3, 0.4) is 0 Å². The summed E-state index contributed by atoms with van der Waals surface area (Å²) >= 11 is 0. The molecule has 1 atom stereocenters. The summed E-state index contributed by atoms with van der Waals surface area (Å²) in [6.45, 7) is 4.31. The van der Waals surface area contributed by atoms with Crippen LogP contribution in [0.25, 0.3) is 0 Å². The Hall–Kier alpha value is -0.900. The number of rotatable bonds is 2. The third-order valence-electron chi connectivity index (χ3n) is 5.03. The predicted molar refractivity (Wildman–Crippen MR) is 78.8 cm³/mol. The van der Waals surface area contributed by atoms with Gasteiger partial charge in [0.2, 0.25) is 5.89 Å². The highest BCUT2D eigenvalue weighted by molar-refractivity contribution is 5.08. The van der Waals surface area contributed by atoms with E-state index in [9.17, 15) is 0 Å². The van der Waals surface area contributed by atoms with Crippen LogP contribution in [0.2, 0.25) is 0 Å². The van der Waals surface area contributed by atoms with Crippen molar-refractivity contribution in [2.24, 2.45) is 0 Å². The number of nitrogens with zero attached hydrogens (tertiary/aromatic N) is 2. The third kappa shape index (κ3) is 3.05. The molecule has 2 aliphatic rings. The molecule has 1 aromatic heterocycles. The molecule has 0 aromatic carbocycles. The lowest BCUT2D eigenvalue weighted by molar-refractivity contribution is 0.244. The van der Waals surface area contributed by atoms with E-state index in [2.05, 4.69) is 17.4 Å². The third-order valence-corrected chi connectivity index (χ3v) is 5.03. The summed E-state index contributed by atoms with van der Waals surface area (Å²) in [5.74, 6) is 2.34. The highest BCUT2D eigenvalue weighted by atomic mass is 16.5. The van der Waals surface area contributed by atoms with Crippen LogP contribution in [-0.2, 0) is 5.41 Å². The van der Waals surface area contributed by atoms with Gasteiger partial charge in [0.25, 0.3) is 0 Å². The molecule has 0 amide bonds. The van der Waals surface area contributed by atoms with Gasteiger partial charge >= 0.3 is 0 Å². The first-order valence-corrected chi connectivity index (χ1v) is 8.33. The van der Waals surface area contributed by atoms with Crippen molar-refractivity contribution >= 4 is 0 Å². The van der Waals surface area contributed by atoms with E-state index in [-0.39, 0.29) is 5.41 Å². The fourth-order valence-electron chi connectivity index (χ4n) is 3.60. The quantitative estimate of drug-likeness (QED) is 0.898. The Morgan fingerprint density at radius 3 is 2.55 bits per heavy atom. The molecule has 4 heteroatoms. The minimum absolute atomic E-state index is 0.0329. The molecule has 0 radical (unpaired) electrons. The van der Waals surface area contributed by atoms with Crippen LogP contribution in [0.5, 0.6) is 0 Å². The first-order valence-electron chi connectivity index (χ1n) is 8.33. The van der Waals surface area contributed by atoms with Gasteiger partial charge in [-0.3, -0.25) is 0 Å². The van der Waals surface area contributed by atoms with Crippen molar-refractivity contribution in [3.63, 3.8) is 0 Å². The van der Waals surface area contributed by atoms with Gasteiger partial charge in [-0.15, -0.1) is 0 Å². The minimum Gasteiger partial charge on any atom is -0.339 e. The van der Waals surface area contributed by atoms with Crippen LogP contribution < -0.4 is 5.32 Å². The zero-order valence-corrected chi connectivity index (χ0v) is 12.7. The van der Waals surface area contributed by atoms with Crippen LogP contribution in [0, 0.1) is 0 Å². The van der Waals surface area contributed by atoms with Crippen molar-refractivity contribution in [2.75, 3.05) is 13.1 Å². The smallest absolute Gasteiger partial charge is 0.233 e. The van der Waals surface area contributed by atoms with Gasteiger partial charge in [-0.05, 0) is 39.2 Å². The molecule has 20 heavy (non-hydrogen) atoms. The van der Waals surface area contributed by atoms with E-state index in [1.165, 1.54) is 51.4 Å². The van der Waals surface area contributed by atoms with E-state index in [1.54, 1.807) is 0 Å². The van der Waals surface area contributed by atoms with Crippen molar-refractivity contribution < 1.29 is 4.52 Å². The number of hydrogen-bond donors (Lipinski definition) is 1. The lowest BCUT2D eigenvalue weighted by atomic mass is 9.82. The van der Waals surface area contributed by atoms with Gasteiger partial charge in [0.15, 0.2) is 5.82 Å². The molecule has 1 saturated heterocycles. The average Bonchev–Trinajstić information content (AvgIpc) is 2.89. The van der Waals surface area contributed by atoms with Gasteiger partial charge < -0.3 is 9.84 Å². The first kappa shape index (κ1) is 14.1. The van der Waals surface area contributed by atoms with Crippen LogP contribution in [0.15, 0.2) is 4.52 Å². The topological polar surface area (TPSA) is 51.0 Å². The zero-order chi connectivity index (χ0) is 13.8. The molecule has 112 valence electrons. The Morgan fingerprint density at radius 1 is 1.10 bits per heavy atom. The summed E-state index contributed by atoms with van der Waals surface area (Å²) in [7, 11) is 0. The summed E-state index contributed by atoms with van der Waals surface area (Å²) in [4.78, 5) is 4.78. The molecule has 0 spiro atoms. The molecule has 2 heterocycles. The number of hydrogen-bond acceptors (Lipinski definition) is 4. The minimum atomic E-state index is 0.0329. The maximum absolute atomic E-state index is 5.63. The Balaban J connectivity index is 1.71. The van der Waals surface area contributed by atoms with Gasteiger partial charge in [0.1, 0.15) is 0 Å². The van der Waals surface area contributed by atoms with E-state index < -0.39 is 0 Å². The van der Waals surface area contributed by atoms with E-state index >= 15 is 0 Å². The molecule has 1 aliphatic carbocycles. The molecular formula is C16H27N3O. The second-order valence-corrected chi connectivity index (χ2v) is 6.84. The molecule has 1 aliphatic heterocycles. The van der Waals surface area contributed by atoms with Gasteiger partial charge in [-0.25, -0.2) is 0 Å². The number of aromatic nitrogens is 2. The maximum atomic E-state index is 5.63. The molecule has 0 bridgehead atoms. The summed E-state index contributed by atoms with van der Waals surface area (Å²) in [5, 5.41) is 7.77. The van der Waals surface area contributed by atoms with Gasteiger partial charge in [0.05, 0.1) is 5.41 Å². The fourth-order valence-corrected chi connectivity index (χ4v) is 3.60. The maximum Gasteiger partial charge on any atom is 0.233 e. The van der Waals surface area contributed by atoms with E-state index in [0.717, 1.165) is 31.2 Å². The Kier molecular flexibility index (Phi) is 4.39. The number of piperidine rings is 1. The van der Waals surface area contributed by atoms with E-state index in [0.29, 0.717) is 5.92 Å². The summed E-state index contributed by atoms with van der Waals surface area (Å²) < 4.78 is 5.63. The molecule has 1 saturated carbocycles. The normalized spacial score (nSPS) is 29.9. The van der Waals surface area contributed by atoms with Gasteiger partial charge in [0, 0.05) is 12.5 Å². The van der Waals surface area contributed by atoms with Gasteiger partial charge in [-0.1, -0.05) is 37.3 Å². The monoisotopic (exact) mass is 277 g/mol. The average molecular weight is 277 g/mol. The SMILES string of the molecule is CC1(c2nc(C3CCCCCCC3)no2)CCCNC1. The van der Waals surface area contributed by atoms with E-state index in [1.807, 2.05) is 0 Å². The molecule has 3 rings (SSSR count). The molecule has 4 nitrogen and oxygen atoms in total. The van der Waals surface area contributed by atoms with E-state index in [4.69, 9.17) is 9.51 Å². The first-order chi connectivity index (χ1) is 9.78. The van der Waals surface area contributed by atoms with Crippen molar-refractivity contribution in [1.82, 2.24) is 15.5 Å². The highest BCUT2D eigenvalue weighted by Gasteiger charge is 2.35. The largest absolute Gasteiger partial charge is 0.339 e. The summed E-state index contributed by atoms with van der Waals surface area (Å²) in [5.41, 5.74) is 0.0329. The zero-order valence-electron chi connectivity index (χ0n) is 12.7. The number of nitrogens with one attached hydrogen (secondary N) is 1. The standard InChI is InChI=1S/C16H27N3O/c1-16(10-7-11-17-12-16)15-18-14(19-20-15)13-8-5-3-2-4-6-9-13/h13,17H,2-12H2,1H3. The van der Waals surface area contributed by atoms with Crippen molar-refractivity contribution in [3.8, 4) is 0 Å². The molecule has 1 unspecified atom stereocenters. The van der Waals surface area contributed by atoms with Gasteiger partial charge in [-0.2, -0.15) is 4.98 Å². The highest BCUT2D eigenvalue weighted by Crippen LogP contribution is 2.33. The second kappa shape index (κ2) is 6.25. The van der Waals surface area contributed by atoms with Crippen molar-refractivity contribution in [2.45, 2.75) is 76.0 Å². The van der Waals surface area contributed by atoms with Crippen LogP contribution in [0.4, 0.5) is 0 Å².